The predicted octanol–water partition coefficient (Wildman–Crippen LogP) is 3.55. The van der Waals surface area contributed by atoms with Gasteiger partial charge in [0.1, 0.15) is 11.9 Å². The normalized spacial score (nSPS) is 14.2. The summed E-state index contributed by atoms with van der Waals surface area (Å²) in [6, 6.07) is 13.9. The van der Waals surface area contributed by atoms with Gasteiger partial charge in [-0.05, 0) is 36.4 Å². The van der Waals surface area contributed by atoms with E-state index in [0.717, 1.165) is 18.8 Å². The molecule has 0 aromatic heterocycles. The highest BCUT2D eigenvalue weighted by molar-refractivity contribution is 6.32. The Balaban J connectivity index is 1.71. The molecule has 0 aliphatic carbocycles. The third-order valence-electron chi connectivity index (χ3n) is 4.14. The highest BCUT2D eigenvalue weighted by atomic mass is 35.5. The lowest BCUT2D eigenvalue weighted by atomic mass is 10.1. The number of hydrogen-bond acceptors (Lipinski definition) is 4. The van der Waals surface area contributed by atoms with Crippen LogP contribution in [0.15, 0.2) is 36.4 Å². The van der Waals surface area contributed by atoms with Gasteiger partial charge >= 0.3 is 0 Å². The molecule has 1 aliphatic rings. The summed E-state index contributed by atoms with van der Waals surface area (Å²) in [5.74, 6) is -0.371. The molecule has 120 valence electrons. The summed E-state index contributed by atoms with van der Waals surface area (Å²) in [6.45, 7) is 2.78. The van der Waals surface area contributed by atoms with E-state index >= 15 is 0 Å². The maximum Gasteiger partial charge on any atom is 0.147 e. The summed E-state index contributed by atoms with van der Waals surface area (Å²) in [5, 5.41) is 18.2. The largest absolute Gasteiger partial charge is 0.368 e. The number of nitriles is 2. The zero-order valence-electron chi connectivity index (χ0n) is 12.8. The van der Waals surface area contributed by atoms with E-state index in [1.54, 1.807) is 24.3 Å². The lowest BCUT2D eigenvalue weighted by Crippen LogP contribution is -2.46. The van der Waals surface area contributed by atoms with Crippen LogP contribution in [0.2, 0.25) is 5.02 Å². The summed E-state index contributed by atoms with van der Waals surface area (Å²) in [7, 11) is 0. The van der Waals surface area contributed by atoms with Crippen molar-refractivity contribution in [2.45, 2.75) is 0 Å². The van der Waals surface area contributed by atoms with Crippen molar-refractivity contribution in [2.24, 2.45) is 0 Å². The fourth-order valence-corrected chi connectivity index (χ4v) is 3.05. The zero-order chi connectivity index (χ0) is 17.1. The molecular weight excluding hydrogens is 327 g/mol. The van der Waals surface area contributed by atoms with Gasteiger partial charge < -0.3 is 9.80 Å². The number of anilines is 2. The Labute approximate surface area is 144 Å². The maximum atomic E-state index is 14.1. The molecule has 0 radical (unpaired) electrons. The second kappa shape index (κ2) is 6.78. The lowest BCUT2D eigenvalue weighted by molar-refractivity contribution is 0.597. The highest BCUT2D eigenvalue weighted by Gasteiger charge is 2.20. The van der Waals surface area contributed by atoms with Gasteiger partial charge in [0.25, 0.3) is 0 Å². The van der Waals surface area contributed by atoms with Crippen LogP contribution in [-0.4, -0.2) is 26.2 Å². The second-order valence-corrected chi connectivity index (χ2v) is 5.94. The van der Waals surface area contributed by atoms with Gasteiger partial charge in [0.2, 0.25) is 0 Å². The van der Waals surface area contributed by atoms with Crippen LogP contribution in [0.25, 0.3) is 0 Å². The molecule has 0 atom stereocenters. The Bertz CT molecular complexity index is 845. The van der Waals surface area contributed by atoms with Crippen molar-refractivity contribution in [1.82, 2.24) is 0 Å². The first-order chi connectivity index (χ1) is 11.6. The molecule has 0 unspecified atom stereocenters. The summed E-state index contributed by atoms with van der Waals surface area (Å²) >= 11 is 6.09. The first-order valence-corrected chi connectivity index (χ1v) is 7.89. The third kappa shape index (κ3) is 3.13. The second-order valence-electron chi connectivity index (χ2n) is 5.53. The first-order valence-electron chi connectivity index (χ1n) is 7.51. The standard InChI is InChI=1S/C18H14ClFN4/c19-16-10-15(3-2-14(16)12-22)23-5-7-24(8-6-23)18-4-1-13(11-21)9-17(18)20/h1-4,9-10H,5-8H2. The molecule has 1 heterocycles. The van der Waals surface area contributed by atoms with Crippen molar-refractivity contribution in [1.29, 1.82) is 10.5 Å². The van der Waals surface area contributed by atoms with Crippen LogP contribution >= 0.6 is 11.6 Å². The maximum absolute atomic E-state index is 14.1. The molecule has 0 amide bonds. The van der Waals surface area contributed by atoms with Crippen molar-refractivity contribution in [3.8, 4) is 12.1 Å². The molecule has 2 aromatic carbocycles. The zero-order valence-corrected chi connectivity index (χ0v) is 13.6. The number of halogens is 2. The smallest absolute Gasteiger partial charge is 0.147 e. The molecule has 3 rings (SSSR count). The van der Waals surface area contributed by atoms with Crippen LogP contribution in [0.5, 0.6) is 0 Å². The average Bonchev–Trinajstić information content (AvgIpc) is 2.61. The summed E-state index contributed by atoms with van der Waals surface area (Å²) in [5.41, 5.74) is 2.26. The van der Waals surface area contributed by atoms with E-state index in [9.17, 15) is 4.39 Å². The Morgan fingerprint density at radius 1 is 0.917 bits per heavy atom. The molecule has 0 saturated carbocycles. The summed E-state index contributed by atoms with van der Waals surface area (Å²) in [6.07, 6.45) is 0. The van der Waals surface area contributed by atoms with Crippen LogP contribution in [0.3, 0.4) is 0 Å². The number of rotatable bonds is 2. The quantitative estimate of drug-likeness (QED) is 0.839. The van der Waals surface area contributed by atoms with Crippen molar-refractivity contribution in [2.75, 3.05) is 36.0 Å². The highest BCUT2D eigenvalue weighted by Crippen LogP contribution is 2.26. The van der Waals surface area contributed by atoms with Crippen molar-refractivity contribution in [3.05, 3.63) is 58.4 Å². The van der Waals surface area contributed by atoms with E-state index in [4.69, 9.17) is 22.1 Å². The number of benzene rings is 2. The lowest BCUT2D eigenvalue weighted by Gasteiger charge is -2.37. The van der Waals surface area contributed by atoms with E-state index in [2.05, 4.69) is 4.90 Å². The molecule has 4 nitrogen and oxygen atoms in total. The van der Waals surface area contributed by atoms with E-state index < -0.39 is 0 Å². The van der Waals surface area contributed by atoms with Gasteiger partial charge in [0.15, 0.2) is 0 Å². The van der Waals surface area contributed by atoms with Gasteiger partial charge in [-0.3, -0.25) is 0 Å². The topological polar surface area (TPSA) is 54.1 Å². The molecule has 24 heavy (non-hydrogen) atoms. The van der Waals surface area contributed by atoms with E-state index in [1.807, 2.05) is 23.1 Å². The Morgan fingerprint density at radius 3 is 2.21 bits per heavy atom. The van der Waals surface area contributed by atoms with Gasteiger partial charge in [-0.1, -0.05) is 11.6 Å². The van der Waals surface area contributed by atoms with Gasteiger partial charge in [-0.25, -0.2) is 4.39 Å². The van der Waals surface area contributed by atoms with Crippen molar-refractivity contribution in [3.63, 3.8) is 0 Å². The number of nitrogens with zero attached hydrogens (tertiary/aromatic N) is 4. The SMILES string of the molecule is N#Cc1ccc(N2CCN(c3ccc(C#N)c(Cl)c3)CC2)c(F)c1. The van der Waals surface area contributed by atoms with E-state index in [0.29, 0.717) is 34.9 Å². The Morgan fingerprint density at radius 2 is 1.62 bits per heavy atom. The molecule has 6 heteroatoms. The Kier molecular flexibility index (Phi) is 4.55. The van der Waals surface area contributed by atoms with Crippen molar-refractivity contribution < 1.29 is 4.39 Å². The summed E-state index contributed by atoms with van der Waals surface area (Å²) < 4.78 is 14.1. The Hall–Kier alpha value is -2.76. The summed E-state index contributed by atoms with van der Waals surface area (Å²) in [4.78, 5) is 4.13. The van der Waals surface area contributed by atoms with E-state index in [-0.39, 0.29) is 5.82 Å². The minimum Gasteiger partial charge on any atom is -0.368 e. The molecule has 2 aromatic rings. The molecular formula is C18H14ClFN4. The van der Waals surface area contributed by atoms with Crippen LogP contribution in [0.4, 0.5) is 15.8 Å². The molecule has 0 bridgehead atoms. The van der Waals surface area contributed by atoms with Crippen LogP contribution in [-0.2, 0) is 0 Å². The van der Waals surface area contributed by atoms with Crippen LogP contribution in [0.1, 0.15) is 11.1 Å². The molecule has 0 N–H and O–H groups in total. The fraction of sp³-hybridized carbons (Fsp3) is 0.222. The predicted molar refractivity (Wildman–Crippen MR) is 91.7 cm³/mol. The van der Waals surface area contributed by atoms with Crippen LogP contribution in [0, 0.1) is 28.5 Å². The fourth-order valence-electron chi connectivity index (χ4n) is 2.83. The third-order valence-corrected chi connectivity index (χ3v) is 4.45. The average molecular weight is 341 g/mol. The number of piperazine rings is 1. The van der Waals surface area contributed by atoms with E-state index in [1.165, 1.54) is 6.07 Å². The van der Waals surface area contributed by atoms with Crippen LogP contribution < -0.4 is 9.80 Å². The van der Waals surface area contributed by atoms with Gasteiger partial charge in [0.05, 0.1) is 27.9 Å². The minimum absolute atomic E-state index is 0.321. The first kappa shape index (κ1) is 16.1. The van der Waals surface area contributed by atoms with Gasteiger partial charge in [-0.15, -0.1) is 0 Å². The molecule has 0 spiro atoms. The molecule has 1 fully saturated rings. The van der Waals surface area contributed by atoms with Gasteiger partial charge in [-0.2, -0.15) is 10.5 Å². The molecule has 1 saturated heterocycles. The van der Waals surface area contributed by atoms with Gasteiger partial charge in [0, 0.05) is 31.9 Å². The number of hydrogen-bond donors (Lipinski definition) is 0. The molecule has 1 aliphatic heterocycles. The van der Waals surface area contributed by atoms with Crippen molar-refractivity contribution >= 4 is 23.0 Å². The monoisotopic (exact) mass is 340 g/mol. The minimum atomic E-state index is -0.371.